The average Bonchev–Trinajstić information content (AvgIpc) is 3.04. The molecule has 0 amide bonds. The van der Waals surface area contributed by atoms with Gasteiger partial charge < -0.3 is 15.6 Å². The first-order chi connectivity index (χ1) is 11.9. The highest BCUT2D eigenvalue weighted by molar-refractivity contribution is 5.74. The van der Waals surface area contributed by atoms with Crippen LogP contribution in [0.5, 0.6) is 0 Å². The smallest absolute Gasteiger partial charge is 0.137 e. The SMILES string of the molecule is c1ccc2[nH]c(CNc3cc(Nc4ccncn4)ncn3)nc2c1. The van der Waals surface area contributed by atoms with Crippen LogP contribution in [0.2, 0.25) is 0 Å². The molecule has 0 aliphatic carbocycles. The van der Waals surface area contributed by atoms with Gasteiger partial charge in [-0.2, -0.15) is 0 Å². The zero-order valence-electron chi connectivity index (χ0n) is 12.6. The molecule has 8 heteroatoms. The number of fused-ring (bicyclic) bond motifs is 1. The van der Waals surface area contributed by atoms with Crippen LogP contribution in [0.1, 0.15) is 5.82 Å². The highest BCUT2D eigenvalue weighted by Crippen LogP contribution is 2.15. The van der Waals surface area contributed by atoms with E-state index in [-0.39, 0.29) is 0 Å². The van der Waals surface area contributed by atoms with Gasteiger partial charge in [-0.1, -0.05) is 12.1 Å². The van der Waals surface area contributed by atoms with E-state index in [9.17, 15) is 0 Å². The number of benzene rings is 1. The molecule has 0 radical (unpaired) electrons. The van der Waals surface area contributed by atoms with E-state index in [1.807, 2.05) is 30.3 Å². The lowest BCUT2D eigenvalue weighted by atomic mass is 10.3. The number of hydrogen-bond acceptors (Lipinski definition) is 7. The molecule has 118 valence electrons. The van der Waals surface area contributed by atoms with E-state index in [1.165, 1.54) is 12.7 Å². The van der Waals surface area contributed by atoms with Gasteiger partial charge in [0.05, 0.1) is 17.6 Å². The molecule has 1 aromatic carbocycles. The van der Waals surface area contributed by atoms with Crippen molar-refractivity contribution in [3.05, 3.63) is 61.1 Å². The van der Waals surface area contributed by atoms with E-state index in [1.54, 1.807) is 12.3 Å². The van der Waals surface area contributed by atoms with Gasteiger partial charge in [0, 0.05) is 12.3 Å². The van der Waals surface area contributed by atoms with Crippen molar-refractivity contribution in [2.75, 3.05) is 10.6 Å². The van der Waals surface area contributed by atoms with Crippen LogP contribution < -0.4 is 10.6 Å². The minimum Gasteiger partial charge on any atom is -0.363 e. The molecule has 0 aliphatic heterocycles. The van der Waals surface area contributed by atoms with E-state index in [2.05, 4.69) is 40.5 Å². The maximum Gasteiger partial charge on any atom is 0.137 e. The average molecular weight is 318 g/mol. The summed E-state index contributed by atoms with van der Waals surface area (Å²) in [5.41, 5.74) is 1.96. The molecule has 8 nitrogen and oxygen atoms in total. The van der Waals surface area contributed by atoms with Crippen molar-refractivity contribution in [2.45, 2.75) is 6.54 Å². The Balaban J connectivity index is 1.45. The molecular formula is C16H14N8. The van der Waals surface area contributed by atoms with Crippen molar-refractivity contribution in [3.8, 4) is 0 Å². The van der Waals surface area contributed by atoms with Gasteiger partial charge in [0.2, 0.25) is 0 Å². The van der Waals surface area contributed by atoms with Gasteiger partial charge in [0.25, 0.3) is 0 Å². The van der Waals surface area contributed by atoms with Gasteiger partial charge >= 0.3 is 0 Å². The number of nitrogens with zero attached hydrogens (tertiary/aromatic N) is 5. The number of para-hydroxylation sites is 2. The number of aromatic nitrogens is 6. The first-order valence-electron chi connectivity index (χ1n) is 7.39. The molecule has 0 fully saturated rings. The summed E-state index contributed by atoms with van der Waals surface area (Å²) in [4.78, 5) is 24.2. The third-order valence-corrected chi connectivity index (χ3v) is 3.38. The molecule has 24 heavy (non-hydrogen) atoms. The fourth-order valence-electron chi connectivity index (χ4n) is 2.28. The first-order valence-corrected chi connectivity index (χ1v) is 7.39. The second-order valence-electron chi connectivity index (χ2n) is 5.06. The predicted octanol–water partition coefficient (Wildman–Crippen LogP) is 2.50. The second kappa shape index (κ2) is 6.29. The van der Waals surface area contributed by atoms with Crippen molar-refractivity contribution in [1.29, 1.82) is 0 Å². The number of hydrogen-bond donors (Lipinski definition) is 3. The zero-order valence-corrected chi connectivity index (χ0v) is 12.6. The van der Waals surface area contributed by atoms with E-state index in [4.69, 9.17) is 0 Å². The summed E-state index contributed by atoms with van der Waals surface area (Å²) < 4.78 is 0. The molecule has 4 aromatic rings. The largest absolute Gasteiger partial charge is 0.363 e. The lowest BCUT2D eigenvalue weighted by molar-refractivity contribution is 0.991. The van der Waals surface area contributed by atoms with Gasteiger partial charge in [-0.3, -0.25) is 0 Å². The molecule has 3 heterocycles. The van der Waals surface area contributed by atoms with Gasteiger partial charge in [-0.05, 0) is 18.2 Å². The van der Waals surface area contributed by atoms with Crippen molar-refractivity contribution < 1.29 is 0 Å². The Morgan fingerprint density at radius 3 is 2.67 bits per heavy atom. The lowest BCUT2D eigenvalue weighted by Gasteiger charge is -2.07. The molecule has 4 rings (SSSR count). The molecule has 3 N–H and O–H groups in total. The van der Waals surface area contributed by atoms with Gasteiger partial charge in [0.15, 0.2) is 0 Å². The summed E-state index contributed by atoms with van der Waals surface area (Å²) in [5.74, 6) is 2.87. The summed E-state index contributed by atoms with van der Waals surface area (Å²) in [7, 11) is 0. The van der Waals surface area contributed by atoms with Crippen molar-refractivity contribution >= 4 is 28.5 Å². The molecule has 0 atom stereocenters. The quantitative estimate of drug-likeness (QED) is 0.519. The van der Waals surface area contributed by atoms with E-state index in [0.717, 1.165) is 16.9 Å². The maximum atomic E-state index is 4.52. The topological polar surface area (TPSA) is 104 Å². The van der Waals surface area contributed by atoms with Gasteiger partial charge in [-0.15, -0.1) is 0 Å². The fraction of sp³-hybridized carbons (Fsp3) is 0.0625. The predicted molar refractivity (Wildman–Crippen MR) is 90.8 cm³/mol. The monoisotopic (exact) mass is 318 g/mol. The van der Waals surface area contributed by atoms with Crippen LogP contribution in [-0.4, -0.2) is 29.9 Å². The van der Waals surface area contributed by atoms with Crippen molar-refractivity contribution in [2.24, 2.45) is 0 Å². The van der Waals surface area contributed by atoms with E-state index in [0.29, 0.717) is 24.0 Å². The Kier molecular flexibility index (Phi) is 3.69. The zero-order chi connectivity index (χ0) is 16.2. The van der Waals surface area contributed by atoms with E-state index < -0.39 is 0 Å². The van der Waals surface area contributed by atoms with Crippen LogP contribution in [0.4, 0.5) is 17.5 Å². The third-order valence-electron chi connectivity index (χ3n) is 3.38. The Bertz CT molecular complexity index is 917. The van der Waals surface area contributed by atoms with Crippen molar-refractivity contribution in [3.63, 3.8) is 0 Å². The fourth-order valence-corrected chi connectivity index (χ4v) is 2.28. The summed E-state index contributed by atoms with van der Waals surface area (Å²) in [5, 5.41) is 6.33. The Morgan fingerprint density at radius 2 is 1.79 bits per heavy atom. The number of H-pyrrole nitrogens is 1. The van der Waals surface area contributed by atoms with Crippen LogP contribution in [0.3, 0.4) is 0 Å². The minimum atomic E-state index is 0.540. The Morgan fingerprint density at radius 1 is 0.917 bits per heavy atom. The summed E-state index contributed by atoms with van der Waals surface area (Å²) in [6.45, 7) is 0.540. The second-order valence-corrected chi connectivity index (χ2v) is 5.06. The molecule has 0 aliphatic rings. The first kappa shape index (κ1) is 14.1. The number of anilines is 3. The molecule has 0 bridgehead atoms. The Hall–Kier alpha value is -3.55. The molecular weight excluding hydrogens is 304 g/mol. The number of imidazole rings is 1. The van der Waals surface area contributed by atoms with Crippen LogP contribution in [0, 0.1) is 0 Å². The Labute approximate surface area is 137 Å². The molecule has 3 aromatic heterocycles. The van der Waals surface area contributed by atoms with Gasteiger partial charge in [-0.25, -0.2) is 24.9 Å². The number of nitrogens with one attached hydrogen (secondary N) is 3. The van der Waals surface area contributed by atoms with Crippen LogP contribution >= 0.6 is 0 Å². The normalized spacial score (nSPS) is 10.7. The van der Waals surface area contributed by atoms with Crippen LogP contribution in [0.15, 0.2) is 55.2 Å². The highest BCUT2D eigenvalue weighted by atomic mass is 15.1. The standard InChI is InChI=1S/C16H14N8/c1-2-4-12-11(3-1)22-16(23-12)8-18-14-7-15(21-10-20-14)24-13-5-6-17-9-19-13/h1-7,9-10H,8H2,(H,22,23)(H2,17,18,19,20,21,24). The number of aromatic amines is 1. The molecule has 0 saturated carbocycles. The molecule has 0 saturated heterocycles. The van der Waals surface area contributed by atoms with Crippen LogP contribution in [-0.2, 0) is 6.54 Å². The highest BCUT2D eigenvalue weighted by Gasteiger charge is 2.04. The molecule has 0 unspecified atom stereocenters. The summed E-state index contributed by atoms with van der Waals surface area (Å²) >= 11 is 0. The minimum absolute atomic E-state index is 0.540. The third kappa shape index (κ3) is 3.12. The van der Waals surface area contributed by atoms with Gasteiger partial charge in [0.1, 0.15) is 35.9 Å². The summed E-state index contributed by atoms with van der Waals surface area (Å²) in [6.07, 6.45) is 4.63. The van der Waals surface area contributed by atoms with Crippen LogP contribution in [0.25, 0.3) is 11.0 Å². The van der Waals surface area contributed by atoms with E-state index >= 15 is 0 Å². The molecule has 0 spiro atoms. The van der Waals surface area contributed by atoms with Crippen molar-refractivity contribution in [1.82, 2.24) is 29.9 Å². The number of rotatable bonds is 5. The maximum absolute atomic E-state index is 4.52. The summed E-state index contributed by atoms with van der Waals surface area (Å²) in [6, 6.07) is 11.5. The lowest BCUT2D eigenvalue weighted by Crippen LogP contribution is -2.04.